The number of esters is 2. The second-order valence-electron chi connectivity index (χ2n) is 10.0. The van der Waals surface area contributed by atoms with Gasteiger partial charge in [0.05, 0.1) is 13.2 Å². The van der Waals surface area contributed by atoms with Crippen molar-refractivity contribution in [1.29, 1.82) is 0 Å². The van der Waals surface area contributed by atoms with E-state index >= 15 is 0 Å². The van der Waals surface area contributed by atoms with Gasteiger partial charge in [0, 0.05) is 25.7 Å². The Morgan fingerprint density at radius 1 is 0.902 bits per heavy atom. The topological polar surface area (TPSA) is 109 Å². The number of carbonyl (C=O) groups is 3. The van der Waals surface area contributed by atoms with Crippen molar-refractivity contribution in [3.05, 3.63) is 95.6 Å². The fourth-order valence-corrected chi connectivity index (χ4v) is 5.17. The van der Waals surface area contributed by atoms with E-state index < -0.39 is 24.4 Å². The van der Waals surface area contributed by atoms with Crippen LogP contribution in [0.15, 0.2) is 78.9 Å². The number of ether oxygens (including phenoxy) is 5. The Morgan fingerprint density at radius 3 is 2.24 bits per heavy atom. The lowest BCUT2D eigenvalue weighted by Gasteiger charge is -2.30. The summed E-state index contributed by atoms with van der Waals surface area (Å²) in [6.07, 6.45) is -0.942. The lowest BCUT2D eigenvalue weighted by atomic mass is 9.98. The molecule has 0 saturated carbocycles. The van der Waals surface area contributed by atoms with E-state index in [-0.39, 0.29) is 37.8 Å². The summed E-state index contributed by atoms with van der Waals surface area (Å²) >= 11 is 0. The van der Waals surface area contributed by atoms with E-state index in [0.717, 1.165) is 27.8 Å². The van der Waals surface area contributed by atoms with Crippen molar-refractivity contribution in [2.24, 2.45) is 0 Å². The largest absolute Gasteiger partial charge is 0.462 e. The molecule has 3 aromatic rings. The number of benzene rings is 3. The van der Waals surface area contributed by atoms with Crippen molar-refractivity contribution in [2.75, 3.05) is 19.8 Å². The van der Waals surface area contributed by atoms with Crippen LogP contribution in [0.3, 0.4) is 0 Å². The van der Waals surface area contributed by atoms with Gasteiger partial charge in [-0.3, -0.25) is 4.79 Å². The summed E-state index contributed by atoms with van der Waals surface area (Å²) in [4.78, 5) is 37.3. The molecule has 0 bridgehead atoms. The first-order chi connectivity index (χ1) is 20.0. The highest BCUT2D eigenvalue weighted by Crippen LogP contribution is 2.44. The molecule has 2 unspecified atom stereocenters. The minimum atomic E-state index is -1.15. The van der Waals surface area contributed by atoms with E-state index in [1.54, 1.807) is 0 Å². The van der Waals surface area contributed by atoms with Gasteiger partial charge in [0.15, 0.2) is 12.3 Å². The standard InChI is InChI=1S/C32H33NO8/c1-21(34)41-23-15-16-37-30(17-23)38-20-29(31(35)39-18-22-9-3-2-4-10-22)33-32(36)40-19-28-26-13-7-5-11-24(26)25-12-6-8-14-27(25)28/h2-14,23,28-30H,15-20H2,1H3,(H,33,36)/t23?,29?,30-/m0/s1. The molecule has 9 nitrogen and oxygen atoms in total. The minimum absolute atomic E-state index is 0.0387. The van der Waals surface area contributed by atoms with Crippen LogP contribution >= 0.6 is 0 Å². The van der Waals surface area contributed by atoms with Gasteiger partial charge in [-0.05, 0) is 27.8 Å². The normalized spacial score (nSPS) is 18.5. The summed E-state index contributed by atoms with van der Waals surface area (Å²) in [5.74, 6) is -1.17. The highest BCUT2D eigenvalue weighted by atomic mass is 16.7. The van der Waals surface area contributed by atoms with E-state index in [1.807, 2.05) is 66.7 Å². The molecule has 0 radical (unpaired) electrons. The van der Waals surface area contributed by atoms with Crippen molar-refractivity contribution < 1.29 is 38.1 Å². The van der Waals surface area contributed by atoms with Gasteiger partial charge in [-0.2, -0.15) is 0 Å². The van der Waals surface area contributed by atoms with Gasteiger partial charge in [-0.1, -0.05) is 78.9 Å². The molecule has 1 fully saturated rings. The first kappa shape index (κ1) is 28.3. The molecule has 1 aliphatic heterocycles. The molecule has 1 N–H and O–H groups in total. The monoisotopic (exact) mass is 559 g/mol. The Morgan fingerprint density at radius 2 is 1.56 bits per heavy atom. The van der Waals surface area contributed by atoms with Gasteiger partial charge in [0.2, 0.25) is 0 Å². The number of fused-ring (bicyclic) bond motifs is 3. The summed E-state index contributed by atoms with van der Waals surface area (Å²) in [6, 6.07) is 24.2. The van der Waals surface area contributed by atoms with Crippen molar-refractivity contribution in [3.63, 3.8) is 0 Å². The number of alkyl carbamates (subject to hydrolysis) is 1. The van der Waals surface area contributed by atoms with Crippen molar-refractivity contribution in [1.82, 2.24) is 5.32 Å². The minimum Gasteiger partial charge on any atom is -0.462 e. The van der Waals surface area contributed by atoms with Gasteiger partial charge in [-0.25, -0.2) is 9.59 Å². The van der Waals surface area contributed by atoms with Crippen molar-refractivity contribution in [3.8, 4) is 11.1 Å². The maximum absolute atomic E-state index is 13.0. The molecule has 214 valence electrons. The summed E-state index contributed by atoms with van der Waals surface area (Å²) < 4.78 is 27.8. The molecule has 41 heavy (non-hydrogen) atoms. The quantitative estimate of drug-likeness (QED) is 0.281. The highest BCUT2D eigenvalue weighted by Gasteiger charge is 2.32. The zero-order chi connectivity index (χ0) is 28.6. The number of hydrogen-bond donors (Lipinski definition) is 1. The Balaban J connectivity index is 1.21. The van der Waals surface area contributed by atoms with Crippen molar-refractivity contribution in [2.45, 2.75) is 50.7 Å². The first-order valence-electron chi connectivity index (χ1n) is 13.7. The predicted octanol–water partition coefficient (Wildman–Crippen LogP) is 4.72. The van der Waals surface area contributed by atoms with Crippen LogP contribution in [0.1, 0.15) is 42.4 Å². The summed E-state index contributed by atoms with van der Waals surface area (Å²) in [6.45, 7) is 1.61. The lowest BCUT2D eigenvalue weighted by Crippen LogP contribution is -2.47. The van der Waals surface area contributed by atoms with Crippen LogP contribution in [0, 0.1) is 0 Å². The number of rotatable bonds is 10. The SMILES string of the molecule is CC(=O)OC1CCO[C@@H](OCC(NC(=O)OCC2c3ccccc3-c3ccccc32)C(=O)OCc2ccccc2)C1. The summed E-state index contributed by atoms with van der Waals surface area (Å²) in [5, 5.41) is 2.61. The third-order valence-corrected chi connectivity index (χ3v) is 7.12. The van der Waals surface area contributed by atoms with Crippen LogP contribution in [-0.2, 0) is 39.9 Å². The van der Waals surface area contributed by atoms with Crippen LogP contribution in [0.5, 0.6) is 0 Å². The third-order valence-electron chi connectivity index (χ3n) is 7.12. The Labute approximate surface area is 238 Å². The maximum atomic E-state index is 13.0. The van der Waals surface area contributed by atoms with Crippen LogP contribution in [0.2, 0.25) is 0 Å². The van der Waals surface area contributed by atoms with E-state index in [4.69, 9.17) is 23.7 Å². The van der Waals surface area contributed by atoms with Crippen LogP contribution in [0.4, 0.5) is 4.79 Å². The molecule has 2 aliphatic rings. The number of hydrogen-bond acceptors (Lipinski definition) is 8. The average Bonchev–Trinajstić information content (AvgIpc) is 3.31. The van der Waals surface area contributed by atoms with E-state index in [0.29, 0.717) is 19.4 Å². The fourth-order valence-electron chi connectivity index (χ4n) is 5.17. The molecule has 0 aromatic heterocycles. The average molecular weight is 560 g/mol. The van der Waals surface area contributed by atoms with E-state index in [1.165, 1.54) is 6.92 Å². The molecule has 1 amide bonds. The molecular weight excluding hydrogens is 526 g/mol. The highest BCUT2D eigenvalue weighted by molar-refractivity contribution is 5.82. The molecule has 9 heteroatoms. The lowest BCUT2D eigenvalue weighted by molar-refractivity contribution is -0.198. The predicted molar refractivity (Wildman–Crippen MR) is 149 cm³/mol. The van der Waals surface area contributed by atoms with E-state index in [2.05, 4.69) is 17.4 Å². The Hall–Kier alpha value is -4.21. The third kappa shape index (κ3) is 7.31. The van der Waals surface area contributed by atoms with E-state index in [9.17, 15) is 14.4 Å². The second kappa shape index (κ2) is 13.4. The molecule has 1 saturated heterocycles. The van der Waals surface area contributed by atoms with Gasteiger partial charge >= 0.3 is 18.0 Å². The summed E-state index contributed by atoms with van der Waals surface area (Å²) in [7, 11) is 0. The molecule has 5 rings (SSSR count). The van der Waals surface area contributed by atoms with Crippen LogP contribution in [0.25, 0.3) is 11.1 Å². The zero-order valence-corrected chi connectivity index (χ0v) is 22.8. The maximum Gasteiger partial charge on any atom is 0.407 e. The molecular formula is C32H33NO8. The van der Waals surface area contributed by atoms with Crippen LogP contribution < -0.4 is 5.32 Å². The number of amides is 1. The fraction of sp³-hybridized carbons (Fsp3) is 0.344. The Bertz CT molecular complexity index is 1320. The van der Waals surface area contributed by atoms with Gasteiger partial charge < -0.3 is 29.0 Å². The zero-order valence-electron chi connectivity index (χ0n) is 22.8. The van der Waals surface area contributed by atoms with Crippen LogP contribution in [-0.4, -0.2) is 56.3 Å². The molecule has 1 heterocycles. The first-order valence-corrected chi connectivity index (χ1v) is 13.7. The smallest absolute Gasteiger partial charge is 0.407 e. The summed E-state index contributed by atoms with van der Waals surface area (Å²) in [5.41, 5.74) is 5.21. The number of nitrogens with one attached hydrogen (secondary N) is 1. The van der Waals surface area contributed by atoms with Gasteiger partial charge in [0.1, 0.15) is 19.3 Å². The second-order valence-corrected chi connectivity index (χ2v) is 10.0. The molecule has 1 aliphatic carbocycles. The molecule has 0 spiro atoms. The van der Waals surface area contributed by atoms with Gasteiger partial charge in [0.25, 0.3) is 0 Å². The Kier molecular flexibility index (Phi) is 9.28. The molecule has 3 aromatic carbocycles. The van der Waals surface area contributed by atoms with Gasteiger partial charge in [-0.15, -0.1) is 0 Å². The van der Waals surface area contributed by atoms with Crippen molar-refractivity contribution >= 4 is 18.0 Å². The number of carbonyl (C=O) groups excluding carboxylic acids is 3. The molecule has 3 atom stereocenters.